The minimum atomic E-state index is -0.221. The van der Waals surface area contributed by atoms with E-state index in [4.69, 9.17) is 10.5 Å². The van der Waals surface area contributed by atoms with Crippen molar-refractivity contribution in [2.24, 2.45) is 5.73 Å². The molecule has 1 aromatic rings. The molecule has 5 heteroatoms. The molecule has 0 spiro atoms. The van der Waals surface area contributed by atoms with Gasteiger partial charge in [0, 0.05) is 12.5 Å². The lowest BCUT2D eigenvalue weighted by atomic mass is 10.0. The second-order valence-corrected chi connectivity index (χ2v) is 4.90. The lowest BCUT2D eigenvalue weighted by Gasteiger charge is -2.12. The van der Waals surface area contributed by atoms with Crippen molar-refractivity contribution in [2.45, 2.75) is 25.3 Å². The van der Waals surface area contributed by atoms with Crippen molar-refractivity contribution in [1.82, 2.24) is 0 Å². The zero-order valence-corrected chi connectivity index (χ0v) is 12.2. The van der Waals surface area contributed by atoms with E-state index < -0.39 is 0 Å². The molecular weight excluding hydrogens is 298 g/mol. The third-order valence-corrected chi connectivity index (χ3v) is 3.28. The molecule has 0 heterocycles. The van der Waals surface area contributed by atoms with E-state index in [0.29, 0.717) is 12.8 Å². The van der Waals surface area contributed by atoms with Crippen molar-refractivity contribution >= 4 is 21.9 Å². The standard InChI is InChI=1S/C13H18BrNO3/c1-17-12-5-3-9(8-11(12)14)7-10(15)4-6-13(16)18-2/h3,5,8,10H,4,6-7,15H2,1-2H3. The van der Waals surface area contributed by atoms with Crippen molar-refractivity contribution in [3.8, 4) is 5.75 Å². The molecule has 0 radical (unpaired) electrons. The minimum absolute atomic E-state index is 0.0515. The third kappa shape index (κ3) is 4.66. The number of hydrogen-bond acceptors (Lipinski definition) is 4. The monoisotopic (exact) mass is 315 g/mol. The first kappa shape index (κ1) is 15.0. The number of rotatable bonds is 6. The molecule has 0 aliphatic carbocycles. The van der Waals surface area contributed by atoms with Crippen molar-refractivity contribution in [1.29, 1.82) is 0 Å². The molecule has 4 nitrogen and oxygen atoms in total. The van der Waals surface area contributed by atoms with Crippen LogP contribution >= 0.6 is 15.9 Å². The Morgan fingerprint density at radius 2 is 2.17 bits per heavy atom. The Kier molecular flexibility index (Phi) is 6.15. The maximum atomic E-state index is 11.0. The van der Waals surface area contributed by atoms with Gasteiger partial charge in [-0.2, -0.15) is 0 Å². The Balaban J connectivity index is 2.51. The van der Waals surface area contributed by atoms with Gasteiger partial charge in [0.1, 0.15) is 5.75 Å². The van der Waals surface area contributed by atoms with Gasteiger partial charge in [0.2, 0.25) is 0 Å². The predicted molar refractivity (Wildman–Crippen MR) is 73.6 cm³/mol. The second-order valence-electron chi connectivity index (χ2n) is 4.05. The highest BCUT2D eigenvalue weighted by Crippen LogP contribution is 2.26. The molecule has 0 saturated carbocycles. The first-order chi connectivity index (χ1) is 8.56. The van der Waals surface area contributed by atoms with Gasteiger partial charge in [-0.1, -0.05) is 6.07 Å². The topological polar surface area (TPSA) is 61.5 Å². The van der Waals surface area contributed by atoms with Gasteiger partial charge >= 0.3 is 5.97 Å². The molecule has 0 amide bonds. The van der Waals surface area contributed by atoms with Crippen molar-refractivity contribution < 1.29 is 14.3 Å². The molecule has 1 unspecified atom stereocenters. The van der Waals surface area contributed by atoms with Gasteiger partial charge in [-0.3, -0.25) is 4.79 Å². The lowest BCUT2D eigenvalue weighted by Crippen LogP contribution is -2.24. The quantitative estimate of drug-likeness (QED) is 0.818. The minimum Gasteiger partial charge on any atom is -0.496 e. The first-order valence-corrected chi connectivity index (χ1v) is 6.51. The number of carbonyl (C=O) groups is 1. The maximum absolute atomic E-state index is 11.0. The number of esters is 1. The largest absolute Gasteiger partial charge is 0.496 e. The number of benzene rings is 1. The highest BCUT2D eigenvalue weighted by Gasteiger charge is 2.09. The van der Waals surface area contributed by atoms with Crippen LogP contribution in [0, 0.1) is 0 Å². The van der Waals surface area contributed by atoms with Crippen molar-refractivity contribution in [2.75, 3.05) is 14.2 Å². The predicted octanol–water partition coefficient (Wildman–Crippen LogP) is 2.28. The normalized spacial score (nSPS) is 12.0. The van der Waals surface area contributed by atoms with Gasteiger partial charge in [-0.25, -0.2) is 0 Å². The number of carbonyl (C=O) groups excluding carboxylic acids is 1. The molecule has 0 aromatic heterocycles. The smallest absolute Gasteiger partial charge is 0.305 e. The van der Waals surface area contributed by atoms with E-state index in [1.54, 1.807) is 7.11 Å². The van der Waals surface area contributed by atoms with Gasteiger partial charge in [0.15, 0.2) is 0 Å². The molecule has 1 rings (SSSR count). The Labute approximate surface area is 116 Å². The van der Waals surface area contributed by atoms with Gasteiger partial charge in [-0.05, 0) is 46.5 Å². The average molecular weight is 316 g/mol. The fourth-order valence-corrected chi connectivity index (χ4v) is 2.24. The number of hydrogen-bond donors (Lipinski definition) is 1. The zero-order valence-electron chi connectivity index (χ0n) is 10.6. The third-order valence-electron chi connectivity index (χ3n) is 2.66. The van der Waals surface area contributed by atoms with E-state index in [2.05, 4.69) is 20.7 Å². The fourth-order valence-electron chi connectivity index (χ4n) is 1.65. The molecule has 0 bridgehead atoms. The SMILES string of the molecule is COC(=O)CCC(N)Cc1ccc(OC)c(Br)c1. The van der Waals surface area contributed by atoms with Crippen LogP contribution in [0.25, 0.3) is 0 Å². The summed E-state index contributed by atoms with van der Waals surface area (Å²) in [5, 5.41) is 0. The zero-order chi connectivity index (χ0) is 13.5. The van der Waals surface area contributed by atoms with E-state index in [-0.39, 0.29) is 12.0 Å². The summed E-state index contributed by atoms with van der Waals surface area (Å²) < 4.78 is 10.6. The maximum Gasteiger partial charge on any atom is 0.305 e. The van der Waals surface area contributed by atoms with E-state index in [0.717, 1.165) is 22.2 Å². The summed E-state index contributed by atoms with van der Waals surface area (Å²) in [5.41, 5.74) is 7.09. The summed E-state index contributed by atoms with van der Waals surface area (Å²) in [7, 11) is 3.01. The Bertz CT molecular complexity index is 409. The van der Waals surface area contributed by atoms with Crippen LogP contribution in [0.1, 0.15) is 18.4 Å². The fraction of sp³-hybridized carbons (Fsp3) is 0.462. The van der Waals surface area contributed by atoms with E-state index in [1.807, 2.05) is 18.2 Å². The summed E-state index contributed by atoms with van der Waals surface area (Å²) in [6.45, 7) is 0. The molecule has 1 atom stereocenters. The van der Waals surface area contributed by atoms with Crippen LogP contribution in [-0.4, -0.2) is 26.2 Å². The summed E-state index contributed by atoms with van der Waals surface area (Å²) in [6.07, 6.45) is 1.70. The molecular formula is C13H18BrNO3. The Morgan fingerprint density at radius 1 is 1.44 bits per heavy atom. The summed E-state index contributed by atoms with van der Waals surface area (Å²) in [5.74, 6) is 0.572. The summed E-state index contributed by atoms with van der Waals surface area (Å²) in [6, 6.07) is 5.80. The van der Waals surface area contributed by atoms with Gasteiger partial charge in [-0.15, -0.1) is 0 Å². The Morgan fingerprint density at radius 3 is 2.72 bits per heavy atom. The number of halogens is 1. The Hall–Kier alpha value is -1.07. The van der Waals surface area contributed by atoms with Crippen molar-refractivity contribution in [3.05, 3.63) is 28.2 Å². The van der Waals surface area contributed by atoms with E-state index in [1.165, 1.54) is 7.11 Å². The lowest BCUT2D eigenvalue weighted by molar-refractivity contribution is -0.140. The molecule has 100 valence electrons. The van der Waals surface area contributed by atoms with Crippen LogP contribution in [0.3, 0.4) is 0 Å². The van der Waals surface area contributed by atoms with Crippen LogP contribution in [-0.2, 0) is 16.0 Å². The number of methoxy groups -OCH3 is 2. The molecule has 0 aliphatic heterocycles. The molecule has 18 heavy (non-hydrogen) atoms. The van der Waals surface area contributed by atoms with Crippen LogP contribution in [0.5, 0.6) is 5.75 Å². The van der Waals surface area contributed by atoms with E-state index in [9.17, 15) is 4.79 Å². The van der Waals surface area contributed by atoms with E-state index >= 15 is 0 Å². The number of nitrogens with two attached hydrogens (primary N) is 1. The highest BCUT2D eigenvalue weighted by molar-refractivity contribution is 9.10. The van der Waals surface area contributed by atoms with Gasteiger partial charge in [0.05, 0.1) is 18.7 Å². The average Bonchev–Trinajstić information content (AvgIpc) is 2.36. The van der Waals surface area contributed by atoms with Gasteiger partial charge < -0.3 is 15.2 Å². The van der Waals surface area contributed by atoms with Crippen molar-refractivity contribution in [3.63, 3.8) is 0 Å². The summed E-state index contributed by atoms with van der Waals surface area (Å²) >= 11 is 3.43. The molecule has 0 fully saturated rings. The molecule has 1 aromatic carbocycles. The molecule has 0 saturated heterocycles. The molecule has 0 aliphatic rings. The molecule has 2 N–H and O–H groups in total. The van der Waals surface area contributed by atoms with Crippen LogP contribution in [0.2, 0.25) is 0 Å². The number of ether oxygens (including phenoxy) is 2. The van der Waals surface area contributed by atoms with Crippen LogP contribution < -0.4 is 10.5 Å². The van der Waals surface area contributed by atoms with Gasteiger partial charge in [0.25, 0.3) is 0 Å². The summed E-state index contributed by atoms with van der Waals surface area (Å²) in [4.78, 5) is 11.0. The van der Waals surface area contributed by atoms with Crippen LogP contribution in [0.15, 0.2) is 22.7 Å². The first-order valence-electron chi connectivity index (χ1n) is 5.71. The second kappa shape index (κ2) is 7.38. The van der Waals surface area contributed by atoms with Crippen LogP contribution in [0.4, 0.5) is 0 Å². The highest BCUT2D eigenvalue weighted by atomic mass is 79.9.